The Hall–Kier alpha value is -2.77. The van der Waals surface area contributed by atoms with E-state index in [0.29, 0.717) is 45.0 Å². The highest BCUT2D eigenvalue weighted by Crippen LogP contribution is 2.41. The van der Waals surface area contributed by atoms with E-state index in [2.05, 4.69) is 17.1 Å². The van der Waals surface area contributed by atoms with Gasteiger partial charge in [-0.3, -0.25) is 14.6 Å². The molecular weight excluding hydrogens is 398 g/mol. The number of nitrogens with zero attached hydrogens (tertiary/aromatic N) is 3. The Morgan fingerprint density at radius 2 is 1.83 bits per heavy atom. The van der Waals surface area contributed by atoms with Crippen LogP contribution in [-0.2, 0) is 4.74 Å². The van der Waals surface area contributed by atoms with E-state index in [4.69, 9.17) is 4.74 Å². The second-order valence-electron chi connectivity index (χ2n) is 7.72. The van der Waals surface area contributed by atoms with Gasteiger partial charge in [0, 0.05) is 49.2 Å². The molecule has 2 aromatic heterocycles. The summed E-state index contributed by atoms with van der Waals surface area (Å²) in [6, 6.07) is 11.8. The second kappa shape index (κ2) is 8.16. The lowest BCUT2D eigenvalue weighted by Crippen LogP contribution is -2.40. The van der Waals surface area contributed by atoms with Gasteiger partial charge in [-0.25, -0.2) is 0 Å². The van der Waals surface area contributed by atoms with Crippen molar-refractivity contribution in [2.75, 3.05) is 39.4 Å². The summed E-state index contributed by atoms with van der Waals surface area (Å²) in [4.78, 5) is 34.9. The van der Waals surface area contributed by atoms with Crippen molar-refractivity contribution in [3.05, 3.63) is 64.8 Å². The van der Waals surface area contributed by atoms with Gasteiger partial charge in [-0.1, -0.05) is 18.2 Å². The largest absolute Gasteiger partial charge is 0.378 e. The summed E-state index contributed by atoms with van der Waals surface area (Å²) in [5.74, 6) is 0.250. The highest BCUT2D eigenvalue weighted by atomic mass is 32.1. The number of rotatable bonds is 3. The van der Waals surface area contributed by atoms with Crippen LogP contribution in [0.5, 0.6) is 0 Å². The molecular formula is C23H23N3O3S. The zero-order valence-electron chi connectivity index (χ0n) is 16.6. The maximum Gasteiger partial charge on any atom is 0.264 e. The molecule has 2 fully saturated rings. The number of hydrogen-bond acceptors (Lipinski definition) is 5. The number of morpholine rings is 1. The van der Waals surface area contributed by atoms with Crippen molar-refractivity contribution >= 4 is 33.2 Å². The first-order chi connectivity index (χ1) is 14.7. The molecule has 6 nitrogen and oxygen atoms in total. The number of pyridine rings is 1. The van der Waals surface area contributed by atoms with E-state index in [-0.39, 0.29) is 17.7 Å². The molecule has 2 saturated heterocycles. The number of fused-ring (bicyclic) bond motifs is 1. The van der Waals surface area contributed by atoms with Crippen molar-refractivity contribution in [1.29, 1.82) is 0 Å². The molecule has 7 heteroatoms. The fraction of sp³-hybridized carbons (Fsp3) is 0.348. The predicted octanol–water partition coefficient (Wildman–Crippen LogP) is 3.40. The Balaban J connectivity index is 1.46. The number of likely N-dealkylation sites (tertiary alicyclic amines) is 1. The van der Waals surface area contributed by atoms with Gasteiger partial charge in [0.15, 0.2) is 0 Å². The molecule has 4 heterocycles. The highest BCUT2D eigenvalue weighted by molar-refractivity contribution is 7.21. The summed E-state index contributed by atoms with van der Waals surface area (Å²) in [7, 11) is 0. The van der Waals surface area contributed by atoms with Crippen molar-refractivity contribution in [3.63, 3.8) is 0 Å². The van der Waals surface area contributed by atoms with Gasteiger partial charge in [-0.05, 0) is 35.6 Å². The maximum absolute atomic E-state index is 13.4. The molecule has 0 bridgehead atoms. The van der Waals surface area contributed by atoms with Crippen LogP contribution in [0.15, 0.2) is 48.8 Å². The lowest BCUT2D eigenvalue weighted by Gasteiger charge is -2.27. The normalized spacial score (nSPS) is 19.4. The summed E-state index contributed by atoms with van der Waals surface area (Å²) in [6.45, 7) is 3.74. The number of carbonyl (C=O) groups is 2. The topological polar surface area (TPSA) is 62.7 Å². The minimum Gasteiger partial charge on any atom is -0.378 e. The monoisotopic (exact) mass is 421 g/mol. The number of carbonyl (C=O) groups excluding carboxylic acids is 2. The molecule has 154 valence electrons. The molecule has 2 aliphatic heterocycles. The van der Waals surface area contributed by atoms with Gasteiger partial charge in [0.05, 0.1) is 23.7 Å². The van der Waals surface area contributed by atoms with Gasteiger partial charge >= 0.3 is 0 Å². The first kappa shape index (κ1) is 19.2. The van der Waals surface area contributed by atoms with Crippen LogP contribution in [0.1, 0.15) is 37.9 Å². The summed E-state index contributed by atoms with van der Waals surface area (Å²) >= 11 is 1.57. The molecule has 0 N–H and O–H groups in total. The van der Waals surface area contributed by atoms with E-state index in [1.165, 1.54) is 0 Å². The Morgan fingerprint density at radius 1 is 1.00 bits per heavy atom. The molecule has 0 aliphatic carbocycles. The van der Waals surface area contributed by atoms with Crippen LogP contribution in [0, 0.1) is 0 Å². The second-order valence-corrected chi connectivity index (χ2v) is 8.78. The van der Waals surface area contributed by atoms with Crippen LogP contribution in [0.2, 0.25) is 0 Å². The molecule has 0 unspecified atom stereocenters. The minimum absolute atomic E-state index is 0.00573. The van der Waals surface area contributed by atoms with Gasteiger partial charge in [0.1, 0.15) is 0 Å². The fourth-order valence-electron chi connectivity index (χ4n) is 4.39. The lowest BCUT2D eigenvalue weighted by atomic mass is 9.94. The van der Waals surface area contributed by atoms with Crippen molar-refractivity contribution in [1.82, 2.24) is 14.8 Å². The highest BCUT2D eigenvalue weighted by Gasteiger charge is 2.34. The minimum atomic E-state index is 0.00573. The van der Waals surface area contributed by atoms with Gasteiger partial charge in [0.2, 0.25) is 0 Å². The predicted molar refractivity (Wildman–Crippen MR) is 116 cm³/mol. The zero-order chi connectivity index (χ0) is 20.5. The third-order valence-corrected chi connectivity index (χ3v) is 7.09. The summed E-state index contributed by atoms with van der Waals surface area (Å²) < 4.78 is 6.54. The first-order valence-electron chi connectivity index (χ1n) is 10.3. The molecule has 0 radical (unpaired) electrons. The van der Waals surface area contributed by atoms with Crippen LogP contribution in [-0.4, -0.2) is 66.0 Å². The average molecular weight is 422 g/mol. The Kier molecular flexibility index (Phi) is 5.23. The standard InChI is InChI=1S/C23H23N3O3S/c27-22(16-4-3-8-24-14-16)26-9-7-17(15-26)20-18-5-1-2-6-19(18)30-21(20)23(28)25-10-12-29-13-11-25/h1-6,8,14,17H,7,9-13,15H2/t17-/m1/s1. The number of ether oxygens (including phenoxy) is 1. The van der Waals surface area contributed by atoms with E-state index in [1.54, 1.807) is 35.9 Å². The van der Waals surface area contributed by atoms with Crippen molar-refractivity contribution in [2.45, 2.75) is 12.3 Å². The van der Waals surface area contributed by atoms with Crippen molar-refractivity contribution < 1.29 is 14.3 Å². The van der Waals surface area contributed by atoms with Gasteiger partial charge in [0.25, 0.3) is 11.8 Å². The van der Waals surface area contributed by atoms with Crippen LogP contribution in [0.3, 0.4) is 0 Å². The smallest absolute Gasteiger partial charge is 0.264 e. The van der Waals surface area contributed by atoms with E-state index >= 15 is 0 Å². The molecule has 5 rings (SSSR count). The van der Waals surface area contributed by atoms with Crippen molar-refractivity contribution in [3.8, 4) is 0 Å². The van der Waals surface area contributed by atoms with Gasteiger partial charge in [-0.2, -0.15) is 0 Å². The van der Waals surface area contributed by atoms with Crippen LogP contribution in [0.4, 0.5) is 0 Å². The third kappa shape index (κ3) is 3.48. The summed E-state index contributed by atoms with van der Waals surface area (Å²) in [6.07, 6.45) is 4.14. The Labute approximate surface area is 179 Å². The molecule has 1 atom stereocenters. The molecule has 3 aromatic rings. The van der Waals surface area contributed by atoms with E-state index in [1.807, 2.05) is 21.9 Å². The Bertz CT molecular complexity index is 1080. The number of aromatic nitrogens is 1. The average Bonchev–Trinajstić information content (AvgIpc) is 3.44. The number of thiophene rings is 1. The summed E-state index contributed by atoms with van der Waals surface area (Å²) in [5, 5.41) is 1.14. The quantitative estimate of drug-likeness (QED) is 0.650. The Morgan fingerprint density at radius 3 is 2.63 bits per heavy atom. The lowest BCUT2D eigenvalue weighted by molar-refractivity contribution is 0.0305. The molecule has 30 heavy (non-hydrogen) atoms. The van der Waals surface area contributed by atoms with Crippen LogP contribution in [0.25, 0.3) is 10.1 Å². The number of hydrogen-bond donors (Lipinski definition) is 0. The first-order valence-corrected chi connectivity index (χ1v) is 11.1. The fourth-order valence-corrected chi connectivity index (χ4v) is 5.65. The van der Waals surface area contributed by atoms with Crippen LogP contribution >= 0.6 is 11.3 Å². The SMILES string of the molecule is O=C(c1cccnc1)N1CC[C@@H](c2c(C(=O)N3CCOCC3)sc3ccccc23)C1. The maximum atomic E-state index is 13.4. The van der Waals surface area contributed by atoms with Gasteiger partial charge in [-0.15, -0.1) is 11.3 Å². The van der Waals surface area contributed by atoms with E-state index in [0.717, 1.165) is 26.9 Å². The third-order valence-electron chi connectivity index (χ3n) is 5.92. The molecule has 0 saturated carbocycles. The molecule has 0 spiro atoms. The van der Waals surface area contributed by atoms with E-state index < -0.39 is 0 Å². The number of amides is 2. The van der Waals surface area contributed by atoms with Crippen LogP contribution < -0.4 is 0 Å². The molecule has 2 aliphatic rings. The zero-order valence-corrected chi connectivity index (χ0v) is 17.4. The number of benzene rings is 1. The van der Waals surface area contributed by atoms with Gasteiger partial charge < -0.3 is 14.5 Å². The van der Waals surface area contributed by atoms with Crippen molar-refractivity contribution in [2.24, 2.45) is 0 Å². The molecule has 2 amide bonds. The summed E-state index contributed by atoms with van der Waals surface area (Å²) in [5.41, 5.74) is 1.71. The van der Waals surface area contributed by atoms with E-state index in [9.17, 15) is 9.59 Å². The molecule has 1 aromatic carbocycles.